The van der Waals surface area contributed by atoms with Crippen LogP contribution in [-0.4, -0.2) is 23.3 Å². The Labute approximate surface area is 110 Å². The molecule has 0 saturated carbocycles. The summed E-state index contributed by atoms with van der Waals surface area (Å²) in [4.78, 5) is 11.3. The molecular weight excluding hydrogens is 246 g/mol. The lowest BCUT2D eigenvalue weighted by Gasteiger charge is -2.09. The number of ether oxygens (including phenoxy) is 1. The van der Waals surface area contributed by atoms with Crippen LogP contribution in [0, 0.1) is 20.8 Å². The lowest BCUT2D eigenvalue weighted by Crippen LogP contribution is -2.00. The first-order valence-corrected chi connectivity index (χ1v) is 5.81. The molecule has 1 aromatic carbocycles. The molecule has 0 unspecified atom stereocenters. The number of hydrogen-bond donors (Lipinski definition) is 1. The fourth-order valence-corrected chi connectivity index (χ4v) is 2.06. The third-order valence-electron chi connectivity index (χ3n) is 3.06. The molecule has 100 valence electrons. The Bertz CT molecular complexity index is 643. The first kappa shape index (κ1) is 13.1. The van der Waals surface area contributed by atoms with Crippen molar-refractivity contribution in [1.82, 2.24) is 5.16 Å². The summed E-state index contributed by atoms with van der Waals surface area (Å²) in [5.41, 5.74) is 2.98. The van der Waals surface area contributed by atoms with E-state index in [9.17, 15) is 9.90 Å². The van der Waals surface area contributed by atoms with Crippen LogP contribution in [0.1, 0.15) is 27.2 Å². The van der Waals surface area contributed by atoms with Gasteiger partial charge in [-0.05, 0) is 44.0 Å². The van der Waals surface area contributed by atoms with Crippen LogP contribution in [0.25, 0.3) is 11.3 Å². The summed E-state index contributed by atoms with van der Waals surface area (Å²) in [7, 11) is 1.60. The van der Waals surface area contributed by atoms with E-state index in [0.29, 0.717) is 5.69 Å². The van der Waals surface area contributed by atoms with E-state index in [-0.39, 0.29) is 11.3 Å². The number of hydrogen-bond acceptors (Lipinski definition) is 4. The third kappa shape index (κ3) is 2.19. The predicted molar refractivity (Wildman–Crippen MR) is 69.7 cm³/mol. The molecule has 1 N–H and O–H groups in total. The van der Waals surface area contributed by atoms with E-state index in [2.05, 4.69) is 5.16 Å². The fourth-order valence-electron chi connectivity index (χ4n) is 2.06. The normalized spacial score (nSPS) is 10.5. The molecule has 2 aromatic rings. The fraction of sp³-hybridized carbons (Fsp3) is 0.286. The van der Waals surface area contributed by atoms with Crippen molar-refractivity contribution in [3.05, 3.63) is 34.5 Å². The average molecular weight is 261 g/mol. The number of carbonyl (C=O) groups is 1. The van der Waals surface area contributed by atoms with Gasteiger partial charge >= 0.3 is 5.97 Å². The Morgan fingerprint density at radius 3 is 2.53 bits per heavy atom. The number of methoxy groups -OCH3 is 1. The number of benzene rings is 1. The summed E-state index contributed by atoms with van der Waals surface area (Å²) in [6.07, 6.45) is 0. The van der Waals surface area contributed by atoms with Crippen LogP contribution in [0.2, 0.25) is 0 Å². The van der Waals surface area contributed by atoms with Gasteiger partial charge in [0.15, 0.2) is 5.76 Å². The summed E-state index contributed by atoms with van der Waals surface area (Å²) in [6.45, 7) is 5.38. The van der Waals surface area contributed by atoms with Crippen LogP contribution >= 0.6 is 0 Å². The SMILES string of the molecule is COc1cc(C)c(-c2onc(C)c2C(=O)O)cc1C. The van der Waals surface area contributed by atoms with Crippen molar-refractivity contribution in [2.45, 2.75) is 20.8 Å². The first-order valence-electron chi connectivity index (χ1n) is 5.81. The van der Waals surface area contributed by atoms with E-state index in [1.165, 1.54) is 0 Å². The molecule has 5 heteroatoms. The Kier molecular flexibility index (Phi) is 3.29. The highest BCUT2D eigenvalue weighted by molar-refractivity contribution is 5.95. The number of carboxylic acid groups (broad SMARTS) is 1. The highest BCUT2D eigenvalue weighted by atomic mass is 16.5. The van der Waals surface area contributed by atoms with Gasteiger partial charge in [-0.1, -0.05) is 5.16 Å². The molecule has 0 radical (unpaired) electrons. The minimum Gasteiger partial charge on any atom is -0.496 e. The van der Waals surface area contributed by atoms with Gasteiger partial charge in [-0.25, -0.2) is 4.79 Å². The van der Waals surface area contributed by atoms with Crippen molar-refractivity contribution < 1.29 is 19.2 Å². The largest absolute Gasteiger partial charge is 0.496 e. The number of carboxylic acids is 1. The molecule has 0 fully saturated rings. The second kappa shape index (κ2) is 4.76. The quantitative estimate of drug-likeness (QED) is 0.919. The second-order valence-corrected chi connectivity index (χ2v) is 4.41. The van der Waals surface area contributed by atoms with Crippen molar-refractivity contribution in [1.29, 1.82) is 0 Å². The van der Waals surface area contributed by atoms with Crippen LogP contribution in [0.5, 0.6) is 5.75 Å². The first-order chi connectivity index (χ1) is 8.95. The molecule has 19 heavy (non-hydrogen) atoms. The van der Waals surface area contributed by atoms with Gasteiger partial charge < -0.3 is 14.4 Å². The minimum absolute atomic E-state index is 0.104. The molecule has 0 aliphatic heterocycles. The van der Waals surface area contributed by atoms with Gasteiger partial charge in [0.05, 0.1) is 12.8 Å². The number of nitrogens with zero attached hydrogens (tertiary/aromatic N) is 1. The zero-order chi connectivity index (χ0) is 14.2. The molecule has 1 aromatic heterocycles. The van der Waals surface area contributed by atoms with E-state index < -0.39 is 5.97 Å². The summed E-state index contributed by atoms with van der Waals surface area (Å²) >= 11 is 0. The number of aromatic carboxylic acids is 1. The second-order valence-electron chi connectivity index (χ2n) is 4.41. The zero-order valence-electron chi connectivity index (χ0n) is 11.3. The highest BCUT2D eigenvalue weighted by Gasteiger charge is 2.22. The molecule has 0 aliphatic rings. The predicted octanol–water partition coefficient (Wildman–Crippen LogP) is 2.97. The van der Waals surface area contributed by atoms with Crippen molar-refractivity contribution in [3.8, 4) is 17.1 Å². The summed E-state index contributed by atoms with van der Waals surface area (Å²) < 4.78 is 10.4. The van der Waals surface area contributed by atoms with E-state index in [4.69, 9.17) is 9.26 Å². The standard InChI is InChI=1S/C14H15NO4/c1-7-6-11(18-4)8(2)5-10(7)13-12(14(16)17)9(3)15-19-13/h5-6H,1-4H3,(H,16,17). The zero-order valence-corrected chi connectivity index (χ0v) is 11.3. The van der Waals surface area contributed by atoms with Crippen LogP contribution in [0.4, 0.5) is 0 Å². The number of aromatic nitrogens is 1. The molecule has 2 rings (SSSR count). The van der Waals surface area contributed by atoms with Gasteiger partial charge in [0.25, 0.3) is 0 Å². The van der Waals surface area contributed by atoms with Crippen LogP contribution in [-0.2, 0) is 0 Å². The molecule has 0 spiro atoms. The van der Waals surface area contributed by atoms with Crippen LogP contribution < -0.4 is 4.74 Å². The number of rotatable bonds is 3. The summed E-state index contributed by atoms with van der Waals surface area (Å²) in [5, 5.41) is 13.0. The molecule has 0 aliphatic carbocycles. The van der Waals surface area contributed by atoms with Gasteiger partial charge in [-0.15, -0.1) is 0 Å². The van der Waals surface area contributed by atoms with Crippen molar-refractivity contribution in [3.63, 3.8) is 0 Å². The molecule has 1 heterocycles. The highest BCUT2D eigenvalue weighted by Crippen LogP contribution is 2.33. The maximum atomic E-state index is 11.3. The van der Waals surface area contributed by atoms with Crippen molar-refractivity contribution in [2.24, 2.45) is 0 Å². The monoisotopic (exact) mass is 261 g/mol. The lowest BCUT2D eigenvalue weighted by atomic mass is 9.99. The van der Waals surface area contributed by atoms with Crippen molar-refractivity contribution in [2.75, 3.05) is 7.11 Å². The molecule has 5 nitrogen and oxygen atoms in total. The molecule has 0 saturated heterocycles. The Hall–Kier alpha value is -2.30. The molecular formula is C14H15NO4. The van der Waals surface area contributed by atoms with Crippen molar-refractivity contribution >= 4 is 5.97 Å². The van der Waals surface area contributed by atoms with E-state index >= 15 is 0 Å². The topological polar surface area (TPSA) is 72.6 Å². The summed E-state index contributed by atoms with van der Waals surface area (Å²) in [5.74, 6) is 0.00392. The maximum absolute atomic E-state index is 11.3. The lowest BCUT2D eigenvalue weighted by molar-refractivity contribution is 0.0696. The Morgan fingerprint density at radius 1 is 1.26 bits per heavy atom. The van der Waals surface area contributed by atoms with E-state index in [1.807, 2.05) is 26.0 Å². The molecule has 0 atom stereocenters. The summed E-state index contributed by atoms with van der Waals surface area (Å²) in [6, 6.07) is 3.70. The van der Waals surface area contributed by atoms with Gasteiger partial charge in [0.2, 0.25) is 0 Å². The van der Waals surface area contributed by atoms with E-state index in [1.54, 1.807) is 14.0 Å². The van der Waals surface area contributed by atoms with Gasteiger partial charge in [0.1, 0.15) is 11.3 Å². The van der Waals surface area contributed by atoms with Gasteiger partial charge in [0, 0.05) is 5.56 Å². The maximum Gasteiger partial charge on any atom is 0.341 e. The van der Waals surface area contributed by atoms with E-state index in [0.717, 1.165) is 22.4 Å². The molecule has 0 bridgehead atoms. The minimum atomic E-state index is -1.04. The van der Waals surface area contributed by atoms with Crippen LogP contribution in [0.15, 0.2) is 16.7 Å². The van der Waals surface area contributed by atoms with Gasteiger partial charge in [-0.3, -0.25) is 0 Å². The van der Waals surface area contributed by atoms with Gasteiger partial charge in [-0.2, -0.15) is 0 Å². The van der Waals surface area contributed by atoms with Crippen LogP contribution in [0.3, 0.4) is 0 Å². The number of aryl methyl sites for hydroxylation is 3. The average Bonchev–Trinajstić information content (AvgIpc) is 2.73. The Morgan fingerprint density at radius 2 is 1.95 bits per heavy atom. The smallest absolute Gasteiger partial charge is 0.341 e. The Balaban J connectivity index is 2.66. The molecule has 0 amide bonds. The third-order valence-corrected chi connectivity index (χ3v) is 3.06.